The molecule has 0 heterocycles. The summed E-state index contributed by atoms with van der Waals surface area (Å²) in [6, 6.07) is 5.74. The van der Waals surface area contributed by atoms with Crippen LogP contribution in [0.4, 0.5) is 11.4 Å². The monoisotopic (exact) mass is 194 g/mol. The van der Waals surface area contributed by atoms with Crippen LogP contribution in [0.2, 0.25) is 0 Å². The summed E-state index contributed by atoms with van der Waals surface area (Å²) in [7, 11) is 0. The molecule has 0 bridgehead atoms. The minimum Gasteiger partial charge on any atom is -0.399 e. The number of aryl methyl sites for hydroxylation is 1. The van der Waals surface area contributed by atoms with E-state index in [-0.39, 0.29) is 0 Å². The smallest absolute Gasteiger partial charge is 0.121 e. The minimum atomic E-state index is -0.534. The average Bonchev–Trinajstić information content (AvgIpc) is 2.10. The third-order valence-electron chi connectivity index (χ3n) is 2.04. The second kappa shape index (κ2) is 4.86. The Morgan fingerprint density at radius 3 is 2.79 bits per heavy atom. The third kappa shape index (κ3) is 2.92. The SMILES string of the molecule is CCCc1cc(NC(C)O)ccc1N. The number of nitrogens with one attached hydrogen (secondary N) is 1. The first-order valence-electron chi connectivity index (χ1n) is 4.96. The van der Waals surface area contributed by atoms with Crippen LogP contribution in [-0.4, -0.2) is 11.3 Å². The number of aliphatic hydroxyl groups is 1. The standard InChI is InChI=1S/C11H18N2O/c1-3-4-9-7-10(13-8(2)14)5-6-11(9)12/h5-8,13-14H,3-4,12H2,1-2H3. The first-order chi connectivity index (χ1) is 6.63. The van der Waals surface area contributed by atoms with Crippen molar-refractivity contribution in [3.05, 3.63) is 23.8 Å². The van der Waals surface area contributed by atoms with E-state index in [4.69, 9.17) is 10.8 Å². The molecule has 0 radical (unpaired) electrons. The summed E-state index contributed by atoms with van der Waals surface area (Å²) in [5.41, 5.74) is 8.69. The third-order valence-corrected chi connectivity index (χ3v) is 2.04. The molecule has 0 aliphatic rings. The molecule has 3 heteroatoms. The van der Waals surface area contributed by atoms with Gasteiger partial charge in [-0.2, -0.15) is 0 Å². The summed E-state index contributed by atoms with van der Waals surface area (Å²) >= 11 is 0. The zero-order valence-corrected chi connectivity index (χ0v) is 8.75. The lowest BCUT2D eigenvalue weighted by Crippen LogP contribution is -2.13. The number of hydrogen-bond donors (Lipinski definition) is 3. The van der Waals surface area contributed by atoms with Crippen molar-refractivity contribution in [2.45, 2.75) is 32.9 Å². The van der Waals surface area contributed by atoms with Crippen LogP contribution in [0.5, 0.6) is 0 Å². The van der Waals surface area contributed by atoms with Crippen LogP contribution < -0.4 is 11.1 Å². The van der Waals surface area contributed by atoms with Gasteiger partial charge < -0.3 is 16.2 Å². The largest absolute Gasteiger partial charge is 0.399 e. The first kappa shape index (κ1) is 10.9. The lowest BCUT2D eigenvalue weighted by molar-refractivity contribution is 0.224. The molecule has 3 nitrogen and oxygen atoms in total. The molecule has 0 saturated carbocycles. The van der Waals surface area contributed by atoms with Gasteiger partial charge in [0.2, 0.25) is 0 Å². The normalized spacial score (nSPS) is 12.5. The van der Waals surface area contributed by atoms with Crippen molar-refractivity contribution in [3.8, 4) is 0 Å². The Kier molecular flexibility index (Phi) is 3.77. The van der Waals surface area contributed by atoms with Crippen LogP contribution in [-0.2, 0) is 6.42 Å². The molecule has 0 aromatic heterocycles. The average molecular weight is 194 g/mol. The Morgan fingerprint density at radius 1 is 1.50 bits per heavy atom. The molecule has 0 aliphatic heterocycles. The second-order valence-electron chi connectivity index (χ2n) is 3.48. The van der Waals surface area contributed by atoms with Crippen LogP contribution in [0.25, 0.3) is 0 Å². The van der Waals surface area contributed by atoms with Gasteiger partial charge in [-0.15, -0.1) is 0 Å². The van der Waals surface area contributed by atoms with Crippen molar-refractivity contribution in [3.63, 3.8) is 0 Å². The van der Waals surface area contributed by atoms with E-state index in [0.29, 0.717) is 0 Å². The Morgan fingerprint density at radius 2 is 2.21 bits per heavy atom. The van der Waals surface area contributed by atoms with Gasteiger partial charge in [0, 0.05) is 11.4 Å². The highest BCUT2D eigenvalue weighted by atomic mass is 16.3. The van der Waals surface area contributed by atoms with E-state index in [9.17, 15) is 0 Å². The molecule has 0 fully saturated rings. The van der Waals surface area contributed by atoms with Gasteiger partial charge in [-0.3, -0.25) is 0 Å². The number of benzene rings is 1. The molecule has 1 unspecified atom stereocenters. The Balaban J connectivity index is 2.83. The van der Waals surface area contributed by atoms with E-state index >= 15 is 0 Å². The molecule has 78 valence electrons. The van der Waals surface area contributed by atoms with E-state index in [1.54, 1.807) is 6.92 Å². The zero-order valence-electron chi connectivity index (χ0n) is 8.75. The number of nitrogen functional groups attached to an aromatic ring is 1. The van der Waals surface area contributed by atoms with Gasteiger partial charge in [0.1, 0.15) is 6.23 Å². The molecule has 0 spiro atoms. The van der Waals surface area contributed by atoms with E-state index in [1.807, 2.05) is 18.2 Å². The first-order valence-corrected chi connectivity index (χ1v) is 4.96. The maximum atomic E-state index is 9.15. The zero-order chi connectivity index (χ0) is 10.6. The minimum absolute atomic E-state index is 0.534. The summed E-state index contributed by atoms with van der Waals surface area (Å²) in [6.45, 7) is 3.81. The van der Waals surface area contributed by atoms with Crippen molar-refractivity contribution in [1.82, 2.24) is 0 Å². The predicted octanol–water partition coefficient (Wildman–Crippen LogP) is 1.97. The molecule has 0 saturated heterocycles. The highest BCUT2D eigenvalue weighted by Crippen LogP contribution is 2.19. The molecule has 4 N–H and O–H groups in total. The summed E-state index contributed by atoms with van der Waals surface area (Å²) in [6.07, 6.45) is 1.51. The van der Waals surface area contributed by atoms with E-state index in [2.05, 4.69) is 12.2 Å². The fraction of sp³-hybridized carbons (Fsp3) is 0.455. The fourth-order valence-corrected chi connectivity index (χ4v) is 1.42. The van der Waals surface area contributed by atoms with Crippen molar-refractivity contribution >= 4 is 11.4 Å². The highest BCUT2D eigenvalue weighted by molar-refractivity contribution is 5.57. The molecule has 1 atom stereocenters. The van der Waals surface area contributed by atoms with Crippen molar-refractivity contribution in [2.75, 3.05) is 11.1 Å². The van der Waals surface area contributed by atoms with Crippen molar-refractivity contribution < 1.29 is 5.11 Å². The fourth-order valence-electron chi connectivity index (χ4n) is 1.42. The molecular formula is C11H18N2O. The Hall–Kier alpha value is -1.22. The maximum absolute atomic E-state index is 9.15. The van der Waals surface area contributed by atoms with Gasteiger partial charge >= 0.3 is 0 Å². The topological polar surface area (TPSA) is 58.3 Å². The molecule has 1 aromatic carbocycles. The summed E-state index contributed by atoms with van der Waals surface area (Å²) < 4.78 is 0. The van der Waals surface area contributed by atoms with Crippen molar-refractivity contribution in [1.29, 1.82) is 0 Å². The van der Waals surface area contributed by atoms with Gasteiger partial charge in [0.25, 0.3) is 0 Å². The van der Waals surface area contributed by atoms with E-state index in [1.165, 1.54) is 0 Å². The lowest BCUT2D eigenvalue weighted by Gasteiger charge is -2.11. The van der Waals surface area contributed by atoms with E-state index in [0.717, 1.165) is 29.8 Å². The van der Waals surface area contributed by atoms with Gasteiger partial charge in [-0.1, -0.05) is 13.3 Å². The van der Waals surface area contributed by atoms with Crippen LogP contribution in [0.1, 0.15) is 25.8 Å². The highest BCUT2D eigenvalue weighted by Gasteiger charge is 2.01. The van der Waals surface area contributed by atoms with Gasteiger partial charge in [-0.05, 0) is 37.1 Å². The summed E-state index contributed by atoms with van der Waals surface area (Å²) in [5, 5.41) is 12.1. The van der Waals surface area contributed by atoms with Crippen LogP contribution in [0, 0.1) is 0 Å². The number of nitrogens with two attached hydrogens (primary N) is 1. The predicted molar refractivity (Wildman–Crippen MR) is 60.2 cm³/mol. The molecular weight excluding hydrogens is 176 g/mol. The molecule has 0 amide bonds. The summed E-state index contributed by atoms with van der Waals surface area (Å²) in [4.78, 5) is 0. The molecule has 1 aromatic rings. The molecule has 0 aliphatic carbocycles. The van der Waals surface area contributed by atoms with Crippen LogP contribution >= 0.6 is 0 Å². The Bertz CT molecular complexity index is 297. The van der Waals surface area contributed by atoms with Crippen molar-refractivity contribution in [2.24, 2.45) is 0 Å². The number of hydrogen-bond acceptors (Lipinski definition) is 3. The molecule has 14 heavy (non-hydrogen) atoms. The van der Waals surface area contributed by atoms with E-state index < -0.39 is 6.23 Å². The summed E-state index contributed by atoms with van der Waals surface area (Å²) in [5.74, 6) is 0. The molecule has 1 rings (SSSR count). The lowest BCUT2D eigenvalue weighted by atomic mass is 10.1. The van der Waals surface area contributed by atoms with Crippen LogP contribution in [0.15, 0.2) is 18.2 Å². The quantitative estimate of drug-likeness (QED) is 0.507. The van der Waals surface area contributed by atoms with Gasteiger partial charge in [0.05, 0.1) is 0 Å². The van der Waals surface area contributed by atoms with Crippen LogP contribution in [0.3, 0.4) is 0 Å². The van der Waals surface area contributed by atoms with Gasteiger partial charge in [-0.25, -0.2) is 0 Å². The second-order valence-corrected chi connectivity index (χ2v) is 3.48. The number of aliphatic hydroxyl groups excluding tert-OH is 1. The Labute approximate surface area is 84.9 Å². The number of rotatable bonds is 4. The van der Waals surface area contributed by atoms with Gasteiger partial charge in [0.15, 0.2) is 0 Å². The maximum Gasteiger partial charge on any atom is 0.121 e. The number of anilines is 2.